The maximum Gasteiger partial charge on any atom is 0.348 e. The van der Waals surface area contributed by atoms with E-state index in [1.54, 1.807) is 13.8 Å². The molecule has 29 heavy (non-hydrogen) atoms. The van der Waals surface area contributed by atoms with Crippen LogP contribution in [0.25, 0.3) is 11.4 Å². The standard InChI is InChI=1S/C19H17N5O3S2/c1-3-27-18(26)15-11(2)13(9-20)17(29-15)21-14(25)10-28-19-22-16(23-24-19)12-7-5-4-6-8-12/h4-8H,3,10H2,1-2H3,(H,21,25)(H,22,23,24). The minimum atomic E-state index is -0.504. The molecule has 2 N–H and O–H groups in total. The molecule has 0 spiro atoms. The molecule has 0 aliphatic heterocycles. The molecule has 0 bridgehead atoms. The lowest BCUT2D eigenvalue weighted by Crippen LogP contribution is -2.14. The van der Waals surface area contributed by atoms with Crippen molar-refractivity contribution in [2.75, 3.05) is 17.7 Å². The van der Waals surface area contributed by atoms with Crippen molar-refractivity contribution in [1.82, 2.24) is 15.2 Å². The molecule has 10 heteroatoms. The number of thioether (sulfide) groups is 1. The van der Waals surface area contributed by atoms with E-state index in [1.807, 2.05) is 36.4 Å². The van der Waals surface area contributed by atoms with E-state index in [4.69, 9.17) is 4.74 Å². The molecule has 0 radical (unpaired) electrons. The molecule has 1 aromatic carbocycles. The van der Waals surface area contributed by atoms with Crippen LogP contribution in [0.2, 0.25) is 0 Å². The van der Waals surface area contributed by atoms with Crippen LogP contribution in [-0.4, -0.2) is 39.4 Å². The van der Waals surface area contributed by atoms with Crippen LogP contribution in [0.15, 0.2) is 35.5 Å². The second-order valence-corrected chi connectivity index (χ2v) is 7.73. The Hall–Kier alpha value is -3.16. The van der Waals surface area contributed by atoms with Gasteiger partial charge in [0.15, 0.2) is 5.82 Å². The van der Waals surface area contributed by atoms with Gasteiger partial charge >= 0.3 is 5.97 Å². The smallest absolute Gasteiger partial charge is 0.348 e. The number of aromatic nitrogens is 3. The zero-order valence-electron chi connectivity index (χ0n) is 15.7. The summed E-state index contributed by atoms with van der Waals surface area (Å²) in [7, 11) is 0. The van der Waals surface area contributed by atoms with Crippen LogP contribution < -0.4 is 5.32 Å². The number of nitrogens with zero attached hydrogens (tertiary/aromatic N) is 3. The molecule has 8 nitrogen and oxygen atoms in total. The van der Waals surface area contributed by atoms with Crippen LogP contribution in [0.1, 0.15) is 27.7 Å². The molecule has 0 saturated heterocycles. The number of esters is 1. The van der Waals surface area contributed by atoms with Gasteiger partial charge in [0.05, 0.1) is 17.9 Å². The Morgan fingerprint density at radius 2 is 2.10 bits per heavy atom. The van der Waals surface area contributed by atoms with Gasteiger partial charge in [0.25, 0.3) is 0 Å². The Morgan fingerprint density at radius 3 is 2.79 bits per heavy atom. The number of carbonyl (C=O) groups excluding carboxylic acids is 2. The third-order valence-corrected chi connectivity index (χ3v) is 5.85. The highest BCUT2D eigenvalue weighted by atomic mass is 32.2. The monoisotopic (exact) mass is 427 g/mol. The zero-order chi connectivity index (χ0) is 20.8. The normalized spacial score (nSPS) is 10.4. The number of hydrogen-bond donors (Lipinski definition) is 2. The predicted molar refractivity (Wildman–Crippen MR) is 111 cm³/mol. The number of nitrogens with one attached hydrogen (secondary N) is 2. The van der Waals surface area contributed by atoms with E-state index >= 15 is 0 Å². The van der Waals surface area contributed by atoms with E-state index in [-0.39, 0.29) is 23.8 Å². The molecule has 2 aromatic heterocycles. The molecular weight excluding hydrogens is 410 g/mol. The Bertz CT molecular complexity index is 1070. The number of carbonyl (C=O) groups is 2. The van der Waals surface area contributed by atoms with Crippen LogP contribution >= 0.6 is 23.1 Å². The Balaban J connectivity index is 1.64. The summed E-state index contributed by atoms with van der Waals surface area (Å²) in [4.78, 5) is 29.0. The third kappa shape index (κ3) is 4.82. The fourth-order valence-corrected chi connectivity index (χ4v) is 4.12. The highest BCUT2D eigenvalue weighted by molar-refractivity contribution is 7.99. The quantitative estimate of drug-likeness (QED) is 0.436. The summed E-state index contributed by atoms with van der Waals surface area (Å²) in [6, 6.07) is 11.6. The van der Waals surface area contributed by atoms with E-state index in [0.29, 0.717) is 26.4 Å². The molecule has 3 aromatic rings. The molecule has 148 valence electrons. The van der Waals surface area contributed by atoms with E-state index in [2.05, 4.69) is 20.5 Å². The molecule has 0 unspecified atom stereocenters. The number of H-pyrrole nitrogens is 1. The first kappa shape index (κ1) is 20.6. The third-order valence-electron chi connectivity index (χ3n) is 3.82. The number of benzene rings is 1. The summed E-state index contributed by atoms with van der Waals surface area (Å²) in [5.41, 5.74) is 1.66. The van der Waals surface area contributed by atoms with Crippen LogP contribution in [0, 0.1) is 18.3 Å². The lowest BCUT2D eigenvalue weighted by Gasteiger charge is -2.01. The highest BCUT2D eigenvalue weighted by Crippen LogP contribution is 2.33. The van der Waals surface area contributed by atoms with Crippen LogP contribution in [0.3, 0.4) is 0 Å². The minimum Gasteiger partial charge on any atom is -0.462 e. The fraction of sp³-hybridized carbons (Fsp3) is 0.211. The van der Waals surface area contributed by atoms with Gasteiger partial charge in [-0.2, -0.15) is 5.26 Å². The number of anilines is 1. The van der Waals surface area contributed by atoms with Gasteiger partial charge in [-0.3, -0.25) is 9.89 Å². The molecule has 0 fully saturated rings. The van der Waals surface area contributed by atoms with Crippen LogP contribution in [0.5, 0.6) is 0 Å². The van der Waals surface area contributed by atoms with Gasteiger partial charge in [-0.15, -0.1) is 16.4 Å². The number of nitriles is 1. The Labute approximate surface area is 175 Å². The average molecular weight is 428 g/mol. The van der Waals surface area contributed by atoms with Crippen molar-refractivity contribution in [2.45, 2.75) is 19.0 Å². The van der Waals surface area contributed by atoms with Crippen LogP contribution in [-0.2, 0) is 9.53 Å². The van der Waals surface area contributed by atoms with Crippen molar-refractivity contribution < 1.29 is 14.3 Å². The number of ether oxygens (including phenoxy) is 1. The lowest BCUT2D eigenvalue weighted by atomic mass is 10.2. The molecular formula is C19H17N5O3S2. The summed E-state index contributed by atoms with van der Waals surface area (Å²) < 4.78 is 5.00. The lowest BCUT2D eigenvalue weighted by molar-refractivity contribution is -0.113. The molecule has 0 atom stereocenters. The summed E-state index contributed by atoms with van der Waals surface area (Å²) in [5.74, 6) is -0.152. The van der Waals surface area contributed by atoms with E-state index in [0.717, 1.165) is 16.9 Å². The van der Waals surface area contributed by atoms with E-state index in [1.165, 1.54) is 11.8 Å². The van der Waals surface area contributed by atoms with Gasteiger partial charge in [-0.1, -0.05) is 42.1 Å². The Kier molecular flexibility index (Phi) is 6.64. The molecule has 3 rings (SSSR count). The summed E-state index contributed by atoms with van der Waals surface area (Å²) in [6.45, 7) is 3.60. The van der Waals surface area contributed by atoms with E-state index in [9.17, 15) is 14.9 Å². The van der Waals surface area contributed by atoms with Gasteiger partial charge in [0, 0.05) is 5.56 Å². The zero-order valence-corrected chi connectivity index (χ0v) is 17.3. The van der Waals surface area contributed by atoms with Crippen LogP contribution in [0.4, 0.5) is 5.00 Å². The first-order valence-electron chi connectivity index (χ1n) is 8.64. The van der Waals surface area contributed by atoms with Gasteiger partial charge in [-0.25, -0.2) is 9.78 Å². The van der Waals surface area contributed by atoms with E-state index < -0.39 is 5.97 Å². The van der Waals surface area contributed by atoms with Gasteiger partial charge in [0.1, 0.15) is 15.9 Å². The number of amides is 1. The highest BCUT2D eigenvalue weighted by Gasteiger charge is 2.22. The van der Waals surface area contributed by atoms with Crippen molar-refractivity contribution >= 4 is 40.0 Å². The van der Waals surface area contributed by atoms with Crippen molar-refractivity contribution in [3.63, 3.8) is 0 Å². The maximum absolute atomic E-state index is 12.3. The van der Waals surface area contributed by atoms with Gasteiger partial charge < -0.3 is 10.1 Å². The van der Waals surface area contributed by atoms with Crippen molar-refractivity contribution in [2.24, 2.45) is 0 Å². The molecule has 0 aliphatic rings. The topological polar surface area (TPSA) is 121 Å². The maximum atomic E-state index is 12.3. The minimum absolute atomic E-state index is 0.0582. The molecule has 0 saturated carbocycles. The molecule has 0 aliphatic carbocycles. The molecule has 1 amide bonds. The first-order valence-corrected chi connectivity index (χ1v) is 10.4. The van der Waals surface area contributed by atoms with Crippen molar-refractivity contribution in [3.05, 3.63) is 46.3 Å². The van der Waals surface area contributed by atoms with Crippen molar-refractivity contribution in [3.8, 4) is 17.5 Å². The number of rotatable bonds is 7. The first-order chi connectivity index (χ1) is 14.0. The van der Waals surface area contributed by atoms with Gasteiger partial charge in [0.2, 0.25) is 11.1 Å². The largest absolute Gasteiger partial charge is 0.462 e. The molecule has 2 heterocycles. The summed E-state index contributed by atoms with van der Waals surface area (Å²) in [5, 5.41) is 19.8. The fourth-order valence-electron chi connectivity index (χ4n) is 2.46. The predicted octanol–water partition coefficient (Wildman–Crippen LogP) is 3.62. The average Bonchev–Trinajstić information content (AvgIpc) is 3.32. The number of thiophene rings is 1. The Morgan fingerprint density at radius 1 is 1.34 bits per heavy atom. The summed E-state index contributed by atoms with van der Waals surface area (Å²) in [6.07, 6.45) is 0. The SMILES string of the molecule is CCOC(=O)c1sc(NC(=O)CSc2n[nH]c(-c3ccccc3)n2)c(C#N)c1C. The number of aromatic amines is 1. The summed E-state index contributed by atoms with van der Waals surface area (Å²) >= 11 is 2.20. The van der Waals surface area contributed by atoms with Crippen molar-refractivity contribution in [1.29, 1.82) is 5.26 Å². The second-order valence-electron chi connectivity index (χ2n) is 5.76. The number of hydrogen-bond acceptors (Lipinski definition) is 8. The van der Waals surface area contributed by atoms with Gasteiger partial charge in [-0.05, 0) is 19.4 Å². The second kappa shape index (κ2) is 9.36.